The van der Waals surface area contributed by atoms with Gasteiger partial charge in [-0.3, -0.25) is 9.59 Å². The minimum Gasteiger partial charge on any atom is -0.338 e. The van der Waals surface area contributed by atoms with Gasteiger partial charge in [-0.1, -0.05) is 29.8 Å². The van der Waals surface area contributed by atoms with Crippen LogP contribution in [0.4, 0.5) is 0 Å². The monoisotopic (exact) mass is 324 g/mol. The molecule has 1 amide bonds. The van der Waals surface area contributed by atoms with Crippen molar-refractivity contribution in [1.82, 2.24) is 9.47 Å². The van der Waals surface area contributed by atoms with E-state index >= 15 is 0 Å². The standard InChI is InChI=1S/C20H24N2O2/c1-15-5-7-16(8-6-15)12-17-4-3-10-22(14-17)20(24)18-9-11-21(2)19(23)13-18/h5-9,11,13,17H,3-4,10,12,14H2,1-2H3/t17-/m1/s1. The molecular formula is C20H24N2O2. The van der Waals surface area contributed by atoms with E-state index in [0.717, 1.165) is 32.4 Å². The lowest BCUT2D eigenvalue weighted by molar-refractivity contribution is 0.0673. The predicted molar refractivity (Wildman–Crippen MR) is 95.2 cm³/mol. The lowest BCUT2D eigenvalue weighted by atomic mass is 9.90. The van der Waals surface area contributed by atoms with Gasteiger partial charge in [0.2, 0.25) is 0 Å². The molecule has 0 spiro atoms. The second kappa shape index (κ2) is 7.04. The van der Waals surface area contributed by atoms with E-state index in [1.165, 1.54) is 21.8 Å². The van der Waals surface area contributed by atoms with Gasteiger partial charge in [0.15, 0.2) is 0 Å². The van der Waals surface area contributed by atoms with E-state index in [1.54, 1.807) is 19.3 Å². The number of hydrogen-bond acceptors (Lipinski definition) is 2. The Kier molecular flexibility index (Phi) is 4.84. The molecule has 126 valence electrons. The molecule has 0 N–H and O–H groups in total. The van der Waals surface area contributed by atoms with Crippen LogP contribution in [-0.2, 0) is 13.5 Å². The molecule has 1 aromatic carbocycles. The minimum atomic E-state index is -0.144. The Balaban J connectivity index is 1.68. The highest BCUT2D eigenvalue weighted by Crippen LogP contribution is 2.22. The number of carbonyl (C=O) groups is 1. The third kappa shape index (κ3) is 3.75. The summed E-state index contributed by atoms with van der Waals surface area (Å²) in [6.07, 6.45) is 4.82. The molecule has 0 unspecified atom stereocenters. The zero-order valence-corrected chi connectivity index (χ0v) is 14.4. The molecule has 0 aliphatic carbocycles. The van der Waals surface area contributed by atoms with Gasteiger partial charge in [-0.05, 0) is 43.7 Å². The third-order valence-corrected chi connectivity index (χ3v) is 4.80. The number of aryl methyl sites for hydroxylation is 2. The van der Waals surface area contributed by atoms with E-state index in [0.29, 0.717) is 11.5 Å². The Bertz CT molecular complexity index is 777. The Labute approximate surface area is 142 Å². The first-order valence-corrected chi connectivity index (χ1v) is 8.54. The van der Waals surface area contributed by atoms with Crippen LogP contribution in [0.25, 0.3) is 0 Å². The van der Waals surface area contributed by atoms with Crippen molar-refractivity contribution in [2.45, 2.75) is 26.2 Å². The molecule has 24 heavy (non-hydrogen) atoms. The molecule has 1 fully saturated rings. The molecular weight excluding hydrogens is 300 g/mol. The number of amides is 1. The molecule has 1 aliphatic heterocycles. The summed E-state index contributed by atoms with van der Waals surface area (Å²) in [5.41, 5.74) is 2.95. The van der Waals surface area contributed by atoms with Crippen molar-refractivity contribution in [3.05, 3.63) is 69.6 Å². The molecule has 4 nitrogen and oxygen atoms in total. The lowest BCUT2D eigenvalue weighted by Crippen LogP contribution is -2.41. The number of rotatable bonds is 3. The van der Waals surface area contributed by atoms with Crippen molar-refractivity contribution < 1.29 is 4.79 Å². The maximum absolute atomic E-state index is 12.7. The van der Waals surface area contributed by atoms with Crippen LogP contribution in [0.2, 0.25) is 0 Å². The van der Waals surface area contributed by atoms with Crippen LogP contribution < -0.4 is 5.56 Å². The zero-order valence-electron chi connectivity index (χ0n) is 14.4. The molecule has 0 saturated carbocycles. The van der Waals surface area contributed by atoms with Gasteiger partial charge >= 0.3 is 0 Å². The molecule has 2 heterocycles. The number of aromatic nitrogens is 1. The number of carbonyl (C=O) groups excluding carboxylic acids is 1. The highest BCUT2D eigenvalue weighted by molar-refractivity contribution is 5.94. The van der Waals surface area contributed by atoms with Crippen molar-refractivity contribution in [2.75, 3.05) is 13.1 Å². The smallest absolute Gasteiger partial charge is 0.254 e. The van der Waals surface area contributed by atoms with E-state index < -0.39 is 0 Å². The Morgan fingerprint density at radius 3 is 2.67 bits per heavy atom. The molecule has 3 rings (SSSR count). The highest BCUT2D eigenvalue weighted by Gasteiger charge is 2.24. The molecule has 2 aromatic rings. The van der Waals surface area contributed by atoms with Crippen molar-refractivity contribution in [2.24, 2.45) is 13.0 Å². The molecule has 1 saturated heterocycles. The number of likely N-dealkylation sites (tertiary alicyclic amines) is 1. The van der Waals surface area contributed by atoms with Crippen LogP contribution in [0.3, 0.4) is 0 Å². The van der Waals surface area contributed by atoms with Gasteiger partial charge in [0.05, 0.1) is 0 Å². The van der Waals surface area contributed by atoms with Crippen molar-refractivity contribution >= 4 is 5.91 Å². The van der Waals surface area contributed by atoms with Crippen LogP contribution in [0.15, 0.2) is 47.4 Å². The topological polar surface area (TPSA) is 42.3 Å². The average molecular weight is 324 g/mol. The summed E-state index contributed by atoms with van der Waals surface area (Å²) in [4.78, 5) is 26.3. The molecule has 0 bridgehead atoms. The Morgan fingerprint density at radius 2 is 1.96 bits per heavy atom. The summed E-state index contributed by atoms with van der Waals surface area (Å²) in [5, 5.41) is 0. The number of hydrogen-bond donors (Lipinski definition) is 0. The van der Waals surface area contributed by atoms with Crippen LogP contribution in [0, 0.1) is 12.8 Å². The summed E-state index contributed by atoms with van der Waals surface area (Å²) >= 11 is 0. The van der Waals surface area contributed by atoms with Gasteiger partial charge in [-0.25, -0.2) is 0 Å². The Hall–Kier alpha value is -2.36. The van der Waals surface area contributed by atoms with Gasteiger partial charge in [-0.15, -0.1) is 0 Å². The maximum atomic E-state index is 12.7. The number of benzene rings is 1. The van der Waals surface area contributed by atoms with Crippen LogP contribution in [0.5, 0.6) is 0 Å². The largest absolute Gasteiger partial charge is 0.338 e. The van der Waals surface area contributed by atoms with Gasteiger partial charge in [0.25, 0.3) is 11.5 Å². The number of pyridine rings is 1. The van der Waals surface area contributed by atoms with Crippen molar-refractivity contribution in [3.8, 4) is 0 Å². The fraction of sp³-hybridized carbons (Fsp3) is 0.400. The third-order valence-electron chi connectivity index (χ3n) is 4.80. The van der Waals surface area contributed by atoms with E-state index in [4.69, 9.17) is 0 Å². The first kappa shape index (κ1) is 16.5. The van der Waals surface area contributed by atoms with E-state index in [2.05, 4.69) is 31.2 Å². The number of piperidine rings is 1. The highest BCUT2D eigenvalue weighted by atomic mass is 16.2. The average Bonchev–Trinajstić information content (AvgIpc) is 2.59. The Morgan fingerprint density at radius 1 is 1.21 bits per heavy atom. The minimum absolute atomic E-state index is 0.0266. The van der Waals surface area contributed by atoms with Gasteiger partial charge in [0, 0.05) is 38.0 Å². The van der Waals surface area contributed by atoms with Crippen molar-refractivity contribution in [1.29, 1.82) is 0 Å². The normalized spacial score (nSPS) is 17.8. The van der Waals surface area contributed by atoms with Crippen molar-refractivity contribution in [3.63, 3.8) is 0 Å². The summed E-state index contributed by atoms with van der Waals surface area (Å²) < 4.78 is 1.48. The number of nitrogens with zero attached hydrogens (tertiary/aromatic N) is 2. The lowest BCUT2D eigenvalue weighted by Gasteiger charge is -2.33. The molecule has 1 atom stereocenters. The quantitative estimate of drug-likeness (QED) is 0.871. The SMILES string of the molecule is Cc1ccc(C[C@H]2CCCN(C(=O)c3ccn(C)c(=O)c3)C2)cc1. The second-order valence-electron chi connectivity index (χ2n) is 6.81. The molecule has 1 aromatic heterocycles. The van der Waals surface area contributed by atoms with Crippen LogP contribution in [0.1, 0.15) is 34.3 Å². The van der Waals surface area contributed by atoms with Crippen LogP contribution in [-0.4, -0.2) is 28.5 Å². The van der Waals surface area contributed by atoms with E-state index in [1.807, 2.05) is 4.90 Å². The summed E-state index contributed by atoms with van der Waals surface area (Å²) in [6.45, 7) is 3.63. The molecule has 4 heteroatoms. The van der Waals surface area contributed by atoms with Gasteiger partial charge < -0.3 is 9.47 Å². The first-order chi connectivity index (χ1) is 11.5. The summed E-state index contributed by atoms with van der Waals surface area (Å²) in [5.74, 6) is 0.457. The molecule has 1 aliphatic rings. The molecule has 0 radical (unpaired) electrons. The second-order valence-corrected chi connectivity index (χ2v) is 6.81. The van der Waals surface area contributed by atoms with Crippen LogP contribution >= 0.6 is 0 Å². The zero-order chi connectivity index (χ0) is 17.1. The van der Waals surface area contributed by atoms with E-state index in [9.17, 15) is 9.59 Å². The van der Waals surface area contributed by atoms with E-state index in [-0.39, 0.29) is 11.5 Å². The summed E-state index contributed by atoms with van der Waals surface area (Å²) in [7, 11) is 1.69. The summed E-state index contributed by atoms with van der Waals surface area (Å²) in [6, 6.07) is 11.8. The van der Waals surface area contributed by atoms with Gasteiger partial charge in [-0.2, -0.15) is 0 Å². The fourth-order valence-electron chi connectivity index (χ4n) is 3.34. The first-order valence-electron chi connectivity index (χ1n) is 8.54. The maximum Gasteiger partial charge on any atom is 0.254 e. The fourth-order valence-corrected chi connectivity index (χ4v) is 3.34. The predicted octanol–water partition coefficient (Wildman–Crippen LogP) is 2.79. The van der Waals surface area contributed by atoms with Gasteiger partial charge in [0.1, 0.15) is 0 Å².